The monoisotopic (exact) mass is 461 g/mol. The fraction of sp³-hybridized carbons (Fsp3) is 0.588. The van der Waals surface area contributed by atoms with Crippen LogP contribution in [0.15, 0.2) is 13.9 Å². The Morgan fingerprint density at radius 2 is 1.84 bits per heavy atom. The highest BCUT2D eigenvalue weighted by atomic mass is 127. The van der Waals surface area contributed by atoms with E-state index in [1.807, 2.05) is 34.6 Å². The summed E-state index contributed by atoms with van der Waals surface area (Å²) in [6.45, 7) is 11.9. The Kier molecular flexibility index (Phi) is 8.95. The molecule has 0 aliphatic heterocycles. The minimum atomic E-state index is 0. The van der Waals surface area contributed by atoms with E-state index in [0.29, 0.717) is 12.4 Å². The first-order chi connectivity index (χ1) is 11.5. The topological polar surface area (TPSA) is 88.5 Å². The van der Waals surface area contributed by atoms with Crippen molar-refractivity contribution >= 4 is 29.9 Å². The van der Waals surface area contributed by atoms with E-state index < -0.39 is 0 Å². The van der Waals surface area contributed by atoms with Gasteiger partial charge >= 0.3 is 0 Å². The van der Waals surface area contributed by atoms with Crippen molar-refractivity contribution in [3.8, 4) is 0 Å². The number of nitrogens with zero attached hydrogens (tertiary/aromatic N) is 3. The van der Waals surface area contributed by atoms with E-state index in [-0.39, 0.29) is 24.0 Å². The van der Waals surface area contributed by atoms with E-state index in [1.54, 1.807) is 0 Å². The summed E-state index contributed by atoms with van der Waals surface area (Å²) in [5.74, 6) is 3.16. The van der Waals surface area contributed by atoms with Gasteiger partial charge in [0.1, 0.15) is 18.1 Å². The molecule has 140 valence electrons. The van der Waals surface area contributed by atoms with E-state index >= 15 is 0 Å². The van der Waals surface area contributed by atoms with Gasteiger partial charge in [0, 0.05) is 18.7 Å². The second-order valence-corrected chi connectivity index (χ2v) is 5.78. The zero-order valence-corrected chi connectivity index (χ0v) is 17.9. The molecule has 7 nitrogen and oxygen atoms in total. The molecule has 0 aromatic carbocycles. The van der Waals surface area contributed by atoms with Gasteiger partial charge in [-0.2, -0.15) is 0 Å². The number of nitrogens with one attached hydrogen (secondary N) is 2. The predicted octanol–water partition coefficient (Wildman–Crippen LogP) is 3.20. The quantitative estimate of drug-likeness (QED) is 0.285. The van der Waals surface area contributed by atoms with E-state index in [4.69, 9.17) is 8.94 Å². The third-order valence-corrected chi connectivity index (χ3v) is 3.87. The number of guanidine groups is 1. The van der Waals surface area contributed by atoms with Crippen LogP contribution in [0.1, 0.15) is 47.7 Å². The third kappa shape index (κ3) is 6.33. The lowest BCUT2D eigenvalue weighted by atomic mass is 10.1. The highest BCUT2D eigenvalue weighted by Gasteiger charge is 2.08. The van der Waals surface area contributed by atoms with Crippen LogP contribution >= 0.6 is 24.0 Å². The van der Waals surface area contributed by atoms with Gasteiger partial charge in [0.2, 0.25) is 5.89 Å². The number of halogens is 1. The van der Waals surface area contributed by atoms with Gasteiger partial charge in [-0.05, 0) is 47.5 Å². The summed E-state index contributed by atoms with van der Waals surface area (Å²) in [5.41, 5.74) is 3.09. The van der Waals surface area contributed by atoms with Crippen LogP contribution in [0.3, 0.4) is 0 Å². The molecule has 0 fully saturated rings. The second-order valence-electron chi connectivity index (χ2n) is 5.78. The van der Waals surface area contributed by atoms with Crippen molar-refractivity contribution in [3.63, 3.8) is 0 Å². The highest BCUT2D eigenvalue weighted by Crippen LogP contribution is 2.13. The van der Waals surface area contributed by atoms with E-state index in [1.165, 1.54) is 5.56 Å². The standard InChI is InChI=1S/C17H27N5O2.HI/c1-6-18-17(20-10-16-21-11(2)13(4)23-16)19-9-7-8-15-12(3)22-24-14(15)5;/h6-10H2,1-5H3,(H2,18,19,20);1H. The van der Waals surface area contributed by atoms with Crippen LogP contribution in [-0.2, 0) is 13.0 Å². The summed E-state index contributed by atoms with van der Waals surface area (Å²) in [7, 11) is 0. The summed E-state index contributed by atoms with van der Waals surface area (Å²) >= 11 is 0. The van der Waals surface area contributed by atoms with Gasteiger partial charge in [-0.3, -0.25) is 0 Å². The van der Waals surface area contributed by atoms with E-state index in [9.17, 15) is 0 Å². The molecule has 0 unspecified atom stereocenters. The Balaban J connectivity index is 0.00000312. The molecule has 0 aliphatic carbocycles. The number of rotatable bonds is 7. The number of hydrogen-bond donors (Lipinski definition) is 2. The number of oxazole rings is 1. The van der Waals surface area contributed by atoms with Gasteiger partial charge in [0.15, 0.2) is 5.96 Å². The van der Waals surface area contributed by atoms with Crippen molar-refractivity contribution in [3.05, 3.63) is 34.4 Å². The van der Waals surface area contributed by atoms with Crippen LogP contribution in [0.2, 0.25) is 0 Å². The summed E-state index contributed by atoms with van der Waals surface area (Å²) in [6.07, 6.45) is 1.91. The Labute approximate surface area is 166 Å². The van der Waals surface area contributed by atoms with Crippen LogP contribution in [0, 0.1) is 27.7 Å². The predicted molar refractivity (Wildman–Crippen MR) is 109 cm³/mol. The molecule has 0 amide bonds. The first-order valence-corrected chi connectivity index (χ1v) is 8.38. The lowest BCUT2D eigenvalue weighted by Crippen LogP contribution is -2.37. The first kappa shape index (κ1) is 21.5. The van der Waals surface area contributed by atoms with Crippen molar-refractivity contribution in [2.45, 2.75) is 54.0 Å². The molecule has 2 N–H and O–H groups in total. The summed E-state index contributed by atoms with van der Waals surface area (Å²) in [6, 6.07) is 0. The first-order valence-electron chi connectivity index (χ1n) is 8.38. The molecule has 0 bridgehead atoms. The minimum Gasteiger partial charge on any atom is -0.444 e. The fourth-order valence-corrected chi connectivity index (χ4v) is 2.43. The molecule has 2 aromatic heterocycles. The van der Waals surface area contributed by atoms with Crippen LogP contribution in [0.5, 0.6) is 0 Å². The number of aromatic nitrogens is 2. The maximum absolute atomic E-state index is 5.55. The Hall–Kier alpha value is -1.58. The van der Waals surface area contributed by atoms with Gasteiger partial charge in [-0.1, -0.05) is 5.16 Å². The molecule has 8 heteroatoms. The van der Waals surface area contributed by atoms with Gasteiger partial charge in [-0.25, -0.2) is 9.98 Å². The molecule has 0 aliphatic rings. The molecular weight excluding hydrogens is 433 g/mol. The maximum atomic E-state index is 5.55. The van der Waals surface area contributed by atoms with Crippen molar-refractivity contribution in [2.75, 3.05) is 13.1 Å². The van der Waals surface area contributed by atoms with Gasteiger partial charge in [-0.15, -0.1) is 24.0 Å². The molecule has 2 rings (SSSR count). The summed E-state index contributed by atoms with van der Waals surface area (Å²) in [5, 5.41) is 10.5. The van der Waals surface area contributed by atoms with Crippen LogP contribution in [0.25, 0.3) is 0 Å². The molecule has 25 heavy (non-hydrogen) atoms. The van der Waals surface area contributed by atoms with Crippen molar-refractivity contribution in [2.24, 2.45) is 4.99 Å². The molecule has 2 aromatic rings. The molecule has 0 saturated heterocycles. The minimum absolute atomic E-state index is 0. The Morgan fingerprint density at radius 1 is 1.08 bits per heavy atom. The normalized spacial score (nSPS) is 11.3. The molecular formula is C17H28IN5O2. The maximum Gasteiger partial charge on any atom is 0.216 e. The van der Waals surface area contributed by atoms with E-state index in [2.05, 4.69) is 25.8 Å². The van der Waals surface area contributed by atoms with Crippen LogP contribution < -0.4 is 10.6 Å². The molecule has 0 saturated carbocycles. The fourth-order valence-electron chi connectivity index (χ4n) is 2.43. The van der Waals surface area contributed by atoms with Crippen LogP contribution in [0.4, 0.5) is 0 Å². The largest absolute Gasteiger partial charge is 0.444 e. The highest BCUT2D eigenvalue weighted by molar-refractivity contribution is 14.0. The van der Waals surface area contributed by atoms with Gasteiger partial charge in [0.05, 0.1) is 11.4 Å². The summed E-state index contributed by atoms with van der Waals surface area (Å²) < 4.78 is 10.7. The molecule has 2 heterocycles. The van der Waals surface area contributed by atoms with Crippen LogP contribution in [-0.4, -0.2) is 29.2 Å². The van der Waals surface area contributed by atoms with Crippen molar-refractivity contribution in [1.29, 1.82) is 0 Å². The Morgan fingerprint density at radius 3 is 2.40 bits per heavy atom. The number of aryl methyl sites for hydroxylation is 4. The lowest BCUT2D eigenvalue weighted by molar-refractivity contribution is 0.392. The van der Waals surface area contributed by atoms with Crippen molar-refractivity contribution < 1.29 is 8.94 Å². The number of hydrogen-bond acceptors (Lipinski definition) is 5. The lowest BCUT2D eigenvalue weighted by Gasteiger charge is -2.10. The SMILES string of the molecule is CCNC(=NCc1nc(C)c(C)o1)NCCCc1c(C)noc1C.I. The average molecular weight is 461 g/mol. The number of aliphatic imine (C=N–C) groups is 1. The van der Waals surface area contributed by atoms with Crippen molar-refractivity contribution in [1.82, 2.24) is 20.8 Å². The molecule has 0 atom stereocenters. The van der Waals surface area contributed by atoms with Gasteiger partial charge in [0.25, 0.3) is 0 Å². The smallest absolute Gasteiger partial charge is 0.216 e. The van der Waals surface area contributed by atoms with Gasteiger partial charge < -0.3 is 19.6 Å². The average Bonchev–Trinajstić information content (AvgIpc) is 3.04. The zero-order valence-electron chi connectivity index (χ0n) is 15.6. The molecule has 0 radical (unpaired) electrons. The van der Waals surface area contributed by atoms with E-state index in [0.717, 1.165) is 54.8 Å². The third-order valence-electron chi connectivity index (χ3n) is 3.87. The second kappa shape index (κ2) is 10.4. The molecule has 0 spiro atoms. The zero-order chi connectivity index (χ0) is 17.5. The Bertz CT molecular complexity index is 654. The summed E-state index contributed by atoms with van der Waals surface area (Å²) in [4.78, 5) is 8.86.